The molecule has 0 saturated heterocycles. The van der Waals surface area contributed by atoms with E-state index in [-0.39, 0.29) is 0 Å². The van der Waals surface area contributed by atoms with Gasteiger partial charge in [-0.1, -0.05) is 13.0 Å². The second-order valence-electron chi connectivity index (χ2n) is 5.56. The maximum atomic E-state index is 5.39. The van der Waals surface area contributed by atoms with Crippen LogP contribution in [-0.2, 0) is 0 Å². The van der Waals surface area contributed by atoms with E-state index in [0.29, 0.717) is 6.04 Å². The number of hydrogen-bond donors (Lipinski definition) is 1. The fourth-order valence-corrected chi connectivity index (χ4v) is 2.64. The van der Waals surface area contributed by atoms with E-state index in [1.54, 1.807) is 7.11 Å². The molecule has 0 fully saturated rings. The molecule has 1 aromatic carbocycles. The number of methoxy groups -OCH3 is 1. The maximum absolute atomic E-state index is 5.39. The van der Waals surface area contributed by atoms with Crippen molar-refractivity contribution in [1.82, 2.24) is 9.88 Å². The van der Waals surface area contributed by atoms with E-state index in [1.807, 2.05) is 24.4 Å². The van der Waals surface area contributed by atoms with Gasteiger partial charge in [0.25, 0.3) is 0 Å². The molecule has 0 saturated carbocycles. The summed E-state index contributed by atoms with van der Waals surface area (Å²) in [5.74, 6) is 0.854. The Morgan fingerprint density at radius 2 is 2.19 bits per heavy atom. The molecular weight excluding hydrogens is 262 g/mol. The zero-order chi connectivity index (χ0) is 15.2. The minimum absolute atomic E-state index is 0.346. The predicted octanol–water partition coefficient (Wildman–Crippen LogP) is 3.39. The third-order valence-corrected chi connectivity index (χ3v) is 3.51. The fourth-order valence-electron chi connectivity index (χ4n) is 2.64. The first-order valence-corrected chi connectivity index (χ1v) is 7.52. The van der Waals surface area contributed by atoms with Gasteiger partial charge in [0.15, 0.2) is 0 Å². The van der Waals surface area contributed by atoms with Crippen LogP contribution in [0.3, 0.4) is 0 Å². The Kier molecular flexibility index (Phi) is 5.39. The predicted molar refractivity (Wildman–Crippen MR) is 89.2 cm³/mol. The van der Waals surface area contributed by atoms with Crippen LogP contribution < -0.4 is 10.1 Å². The van der Waals surface area contributed by atoms with Crippen LogP contribution in [0.15, 0.2) is 30.5 Å². The normalized spacial score (nSPS) is 12.6. The van der Waals surface area contributed by atoms with Crippen LogP contribution in [0.2, 0.25) is 0 Å². The molecule has 1 heterocycles. The smallest absolute Gasteiger partial charge is 0.121 e. The number of nitrogens with one attached hydrogen (secondary N) is 1. The number of hydrogen-bond acceptors (Lipinski definition) is 4. The van der Waals surface area contributed by atoms with Gasteiger partial charge in [0.2, 0.25) is 0 Å². The van der Waals surface area contributed by atoms with Crippen molar-refractivity contribution >= 4 is 16.6 Å². The highest BCUT2D eigenvalue weighted by molar-refractivity contribution is 5.91. The van der Waals surface area contributed by atoms with Gasteiger partial charge in [0.1, 0.15) is 5.75 Å². The number of rotatable bonds is 7. The van der Waals surface area contributed by atoms with Crippen molar-refractivity contribution in [3.8, 4) is 5.75 Å². The molecule has 21 heavy (non-hydrogen) atoms. The number of anilines is 1. The fraction of sp³-hybridized carbons (Fsp3) is 0.471. The van der Waals surface area contributed by atoms with Crippen molar-refractivity contribution in [2.75, 3.05) is 32.6 Å². The lowest BCUT2D eigenvalue weighted by atomic mass is 10.1. The van der Waals surface area contributed by atoms with Gasteiger partial charge in [-0.15, -0.1) is 0 Å². The van der Waals surface area contributed by atoms with Crippen molar-refractivity contribution in [3.05, 3.63) is 30.5 Å². The average Bonchev–Trinajstić information content (AvgIpc) is 2.47. The van der Waals surface area contributed by atoms with Crippen molar-refractivity contribution in [2.45, 2.75) is 26.3 Å². The molecule has 1 aromatic heterocycles. The van der Waals surface area contributed by atoms with Gasteiger partial charge in [0.05, 0.1) is 18.3 Å². The lowest BCUT2D eigenvalue weighted by Crippen LogP contribution is -2.32. The first kappa shape index (κ1) is 15.6. The molecule has 0 bridgehead atoms. The van der Waals surface area contributed by atoms with E-state index >= 15 is 0 Å². The summed E-state index contributed by atoms with van der Waals surface area (Å²) in [6.07, 6.45) is 3.00. The molecule has 0 unspecified atom stereocenters. The summed E-state index contributed by atoms with van der Waals surface area (Å²) in [7, 11) is 3.85. The minimum Gasteiger partial charge on any atom is -0.497 e. The molecular formula is C17H25N3O. The van der Waals surface area contributed by atoms with E-state index < -0.39 is 0 Å². The molecule has 4 heteroatoms. The third kappa shape index (κ3) is 4.08. The molecule has 2 rings (SSSR count). The minimum atomic E-state index is 0.346. The van der Waals surface area contributed by atoms with Crippen molar-refractivity contribution in [1.29, 1.82) is 0 Å². The van der Waals surface area contributed by atoms with Gasteiger partial charge in [-0.2, -0.15) is 0 Å². The van der Waals surface area contributed by atoms with Crippen LogP contribution in [-0.4, -0.2) is 43.2 Å². The highest BCUT2D eigenvalue weighted by atomic mass is 16.5. The number of nitrogens with zero attached hydrogens (tertiary/aromatic N) is 2. The average molecular weight is 287 g/mol. The molecule has 2 aromatic rings. The summed E-state index contributed by atoms with van der Waals surface area (Å²) in [5.41, 5.74) is 2.02. The van der Waals surface area contributed by atoms with E-state index in [4.69, 9.17) is 4.74 Å². The van der Waals surface area contributed by atoms with E-state index in [0.717, 1.165) is 35.4 Å². The van der Waals surface area contributed by atoms with Crippen LogP contribution in [0.5, 0.6) is 5.75 Å². The van der Waals surface area contributed by atoms with E-state index in [2.05, 4.69) is 42.2 Å². The van der Waals surface area contributed by atoms with Gasteiger partial charge in [-0.05, 0) is 39.1 Å². The molecule has 4 nitrogen and oxygen atoms in total. The highest BCUT2D eigenvalue weighted by Crippen LogP contribution is 2.28. The molecule has 0 spiro atoms. The SMILES string of the molecule is CCCN(C)C[C@H](C)Nc1cc(OC)cc2cccnc12. The molecule has 0 aliphatic carbocycles. The lowest BCUT2D eigenvalue weighted by Gasteiger charge is -2.23. The first-order valence-electron chi connectivity index (χ1n) is 7.52. The van der Waals surface area contributed by atoms with E-state index in [9.17, 15) is 0 Å². The van der Waals surface area contributed by atoms with Crippen LogP contribution in [0.4, 0.5) is 5.69 Å². The molecule has 0 radical (unpaired) electrons. The van der Waals surface area contributed by atoms with Crippen molar-refractivity contribution in [2.24, 2.45) is 0 Å². The summed E-state index contributed by atoms with van der Waals surface area (Å²) in [6.45, 7) is 6.51. The quantitative estimate of drug-likeness (QED) is 0.847. The largest absolute Gasteiger partial charge is 0.497 e. The maximum Gasteiger partial charge on any atom is 0.121 e. The second-order valence-corrected chi connectivity index (χ2v) is 5.56. The zero-order valence-corrected chi connectivity index (χ0v) is 13.4. The van der Waals surface area contributed by atoms with Crippen LogP contribution in [0.25, 0.3) is 10.9 Å². The number of benzene rings is 1. The third-order valence-electron chi connectivity index (χ3n) is 3.51. The summed E-state index contributed by atoms with van der Waals surface area (Å²) in [6, 6.07) is 8.39. The van der Waals surface area contributed by atoms with Gasteiger partial charge in [0, 0.05) is 30.2 Å². The number of ether oxygens (including phenoxy) is 1. The zero-order valence-electron chi connectivity index (χ0n) is 13.4. The molecule has 1 atom stereocenters. The van der Waals surface area contributed by atoms with Crippen molar-refractivity contribution < 1.29 is 4.74 Å². The van der Waals surface area contributed by atoms with Gasteiger partial charge >= 0.3 is 0 Å². The monoisotopic (exact) mass is 287 g/mol. The number of pyridine rings is 1. The first-order chi connectivity index (χ1) is 10.1. The Hall–Kier alpha value is -1.81. The molecule has 1 N–H and O–H groups in total. The molecule has 0 aliphatic rings. The molecule has 114 valence electrons. The number of likely N-dealkylation sites (N-methyl/N-ethyl adjacent to an activating group) is 1. The van der Waals surface area contributed by atoms with Gasteiger partial charge < -0.3 is 15.0 Å². The Morgan fingerprint density at radius 1 is 1.38 bits per heavy atom. The van der Waals surface area contributed by atoms with E-state index in [1.165, 1.54) is 6.42 Å². The van der Waals surface area contributed by atoms with Crippen LogP contribution in [0.1, 0.15) is 20.3 Å². The highest BCUT2D eigenvalue weighted by Gasteiger charge is 2.10. The summed E-state index contributed by atoms with van der Waals surface area (Å²) >= 11 is 0. The van der Waals surface area contributed by atoms with Gasteiger partial charge in [-0.3, -0.25) is 4.98 Å². The van der Waals surface area contributed by atoms with Crippen molar-refractivity contribution in [3.63, 3.8) is 0 Å². The van der Waals surface area contributed by atoms with Gasteiger partial charge in [-0.25, -0.2) is 0 Å². The van der Waals surface area contributed by atoms with Crippen LogP contribution >= 0.6 is 0 Å². The molecule has 0 aliphatic heterocycles. The Balaban J connectivity index is 2.20. The lowest BCUT2D eigenvalue weighted by molar-refractivity contribution is 0.324. The number of fused-ring (bicyclic) bond motifs is 1. The second kappa shape index (κ2) is 7.27. The Morgan fingerprint density at radius 3 is 2.90 bits per heavy atom. The number of aromatic nitrogens is 1. The standard InChI is InChI=1S/C17H25N3O/c1-5-9-20(3)12-13(2)19-16-11-15(21-4)10-14-7-6-8-18-17(14)16/h6-8,10-11,13,19H,5,9,12H2,1-4H3/t13-/m0/s1. The Labute approximate surface area is 127 Å². The summed E-state index contributed by atoms with van der Waals surface area (Å²) < 4.78 is 5.39. The molecule has 0 amide bonds. The topological polar surface area (TPSA) is 37.4 Å². The summed E-state index contributed by atoms with van der Waals surface area (Å²) in [5, 5.41) is 4.66. The summed E-state index contributed by atoms with van der Waals surface area (Å²) in [4.78, 5) is 6.83. The van der Waals surface area contributed by atoms with Crippen LogP contribution in [0, 0.1) is 0 Å². The Bertz CT molecular complexity index is 585.